The van der Waals surface area contributed by atoms with Gasteiger partial charge in [-0.15, -0.1) is 6.58 Å². The van der Waals surface area contributed by atoms with Crippen LogP contribution in [0.25, 0.3) is 0 Å². The lowest BCUT2D eigenvalue weighted by Crippen LogP contribution is -2.34. The highest BCUT2D eigenvalue weighted by Gasteiger charge is 2.56. The van der Waals surface area contributed by atoms with Gasteiger partial charge >= 0.3 is 5.97 Å². The van der Waals surface area contributed by atoms with Crippen LogP contribution in [-0.4, -0.2) is 24.8 Å². The van der Waals surface area contributed by atoms with Crippen molar-refractivity contribution >= 4 is 5.97 Å². The van der Waals surface area contributed by atoms with Gasteiger partial charge in [-0.05, 0) is 6.92 Å². The second-order valence-corrected chi connectivity index (χ2v) is 4.19. The molecule has 14 heavy (non-hydrogen) atoms. The van der Waals surface area contributed by atoms with Crippen LogP contribution in [0.4, 0.5) is 0 Å². The average molecular weight is 198 g/mol. The van der Waals surface area contributed by atoms with E-state index in [1.54, 1.807) is 6.92 Å². The fourth-order valence-corrected chi connectivity index (χ4v) is 1.42. The molecule has 0 aliphatic carbocycles. The first-order valence-electron chi connectivity index (χ1n) is 4.90. The van der Waals surface area contributed by atoms with Gasteiger partial charge in [-0.2, -0.15) is 0 Å². The van der Waals surface area contributed by atoms with Gasteiger partial charge in [0.2, 0.25) is 0 Å². The van der Waals surface area contributed by atoms with E-state index in [-0.39, 0.29) is 17.0 Å². The third-order valence-electron chi connectivity index (χ3n) is 2.91. The molecule has 0 radical (unpaired) electrons. The second kappa shape index (κ2) is 3.73. The zero-order chi connectivity index (χ0) is 10.8. The molecule has 0 aromatic heterocycles. The Morgan fingerprint density at radius 1 is 1.71 bits per heavy atom. The van der Waals surface area contributed by atoms with Crippen molar-refractivity contribution in [2.24, 2.45) is 5.41 Å². The smallest absolute Gasteiger partial charge is 0.308 e. The molecule has 1 rings (SSSR count). The molecule has 1 saturated heterocycles. The molecule has 0 bridgehead atoms. The first kappa shape index (κ1) is 11.2. The SMILES string of the molecule is C=CC(C)(C)C1(CC(=O)OCC)CO1. The molecule has 1 heterocycles. The lowest BCUT2D eigenvalue weighted by atomic mass is 9.77. The number of ether oxygens (including phenoxy) is 2. The lowest BCUT2D eigenvalue weighted by molar-refractivity contribution is -0.145. The summed E-state index contributed by atoms with van der Waals surface area (Å²) in [6.07, 6.45) is 2.15. The van der Waals surface area contributed by atoms with Crippen molar-refractivity contribution in [1.29, 1.82) is 0 Å². The van der Waals surface area contributed by atoms with Gasteiger partial charge in [-0.1, -0.05) is 19.9 Å². The van der Waals surface area contributed by atoms with Gasteiger partial charge in [0.25, 0.3) is 0 Å². The maximum atomic E-state index is 11.3. The van der Waals surface area contributed by atoms with Crippen molar-refractivity contribution < 1.29 is 14.3 Å². The summed E-state index contributed by atoms with van der Waals surface area (Å²) in [7, 11) is 0. The maximum Gasteiger partial charge on any atom is 0.308 e. The molecular formula is C11H18O3. The van der Waals surface area contributed by atoms with Gasteiger partial charge in [-0.3, -0.25) is 4.79 Å². The average Bonchev–Trinajstić information content (AvgIpc) is 2.86. The Kier molecular flexibility index (Phi) is 3.00. The van der Waals surface area contributed by atoms with E-state index < -0.39 is 0 Å². The minimum atomic E-state index is -0.374. The molecule has 1 atom stereocenters. The predicted molar refractivity (Wildman–Crippen MR) is 53.9 cm³/mol. The molecule has 0 N–H and O–H groups in total. The Hall–Kier alpha value is -0.830. The molecule has 0 aromatic carbocycles. The Labute approximate surface area is 85.1 Å². The highest BCUT2D eigenvalue weighted by atomic mass is 16.6. The van der Waals surface area contributed by atoms with E-state index in [4.69, 9.17) is 9.47 Å². The fourth-order valence-electron chi connectivity index (χ4n) is 1.42. The van der Waals surface area contributed by atoms with E-state index in [9.17, 15) is 4.79 Å². The monoisotopic (exact) mass is 198 g/mol. The minimum absolute atomic E-state index is 0.181. The number of esters is 1. The fraction of sp³-hybridized carbons (Fsp3) is 0.727. The molecule has 0 amide bonds. The first-order chi connectivity index (χ1) is 6.47. The summed E-state index contributed by atoms with van der Waals surface area (Å²) in [5.41, 5.74) is -0.555. The third kappa shape index (κ3) is 1.98. The van der Waals surface area contributed by atoms with Crippen molar-refractivity contribution in [3.05, 3.63) is 12.7 Å². The van der Waals surface area contributed by atoms with Crippen LogP contribution < -0.4 is 0 Å². The van der Waals surface area contributed by atoms with E-state index in [1.807, 2.05) is 19.9 Å². The summed E-state index contributed by atoms with van der Waals surface area (Å²) in [5, 5.41) is 0. The summed E-state index contributed by atoms with van der Waals surface area (Å²) < 4.78 is 10.3. The van der Waals surface area contributed by atoms with Crippen molar-refractivity contribution in [2.45, 2.75) is 32.8 Å². The van der Waals surface area contributed by atoms with Gasteiger partial charge in [0.05, 0.1) is 19.6 Å². The highest BCUT2D eigenvalue weighted by Crippen LogP contribution is 2.47. The third-order valence-corrected chi connectivity index (χ3v) is 2.91. The zero-order valence-corrected chi connectivity index (χ0v) is 9.13. The van der Waals surface area contributed by atoms with Gasteiger partial charge in [0.15, 0.2) is 0 Å². The largest absolute Gasteiger partial charge is 0.466 e. The minimum Gasteiger partial charge on any atom is -0.466 e. The number of epoxide rings is 1. The van der Waals surface area contributed by atoms with Crippen LogP contribution in [0.3, 0.4) is 0 Å². The van der Waals surface area contributed by atoms with Crippen LogP contribution in [0.1, 0.15) is 27.2 Å². The van der Waals surface area contributed by atoms with Crippen LogP contribution in [0.5, 0.6) is 0 Å². The van der Waals surface area contributed by atoms with Gasteiger partial charge < -0.3 is 9.47 Å². The molecule has 1 aliphatic rings. The van der Waals surface area contributed by atoms with Crippen LogP contribution in [0, 0.1) is 5.41 Å². The lowest BCUT2D eigenvalue weighted by Gasteiger charge is -2.27. The Bertz CT molecular complexity index is 239. The summed E-state index contributed by atoms with van der Waals surface area (Å²) in [6, 6.07) is 0. The number of carbonyl (C=O) groups is 1. The molecule has 0 saturated carbocycles. The predicted octanol–water partition coefficient (Wildman–Crippen LogP) is 1.92. The molecule has 80 valence electrons. The topological polar surface area (TPSA) is 38.8 Å². The molecule has 3 heteroatoms. The molecular weight excluding hydrogens is 180 g/mol. The Balaban J connectivity index is 2.59. The van der Waals surface area contributed by atoms with Crippen molar-refractivity contribution in [1.82, 2.24) is 0 Å². The van der Waals surface area contributed by atoms with Gasteiger partial charge in [0.1, 0.15) is 5.60 Å². The quantitative estimate of drug-likeness (QED) is 0.385. The first-order valence-corrected chi connectivity index (χ1v) is 4.90. The number of hydrogen-bond donors (Lipinski definition) is 0. The summed E-state index contributed by atoms with van der Waals surface area (Å²) in [4.78, 5) is 11.3. The Morgan fingerprint density at radius 2 is 2.29 bits per heavy atom. The molecule has 1 fully saturated rings. The summed E-state index contributed by atoms with van der Waals surface area (Å²) in [6.45, 7) is 10.6. The molecule has 3 nitrogen and oxygen atoms in total. The van der Waals surface area contributed by atoms with E-state index in [0.29, 0.717) is 19.6 Å². The van der Waals surface area contributed by atoms with Crippen molar-refractivity contribution in [3.8, 4) is 0 Å². The summed E-state index contributed by atoms with van der Waals surface area (Å²) >= 11 is 0. The van der Waals surface area contributed by atoms with Crippen LogP contribution in [0.15, 0.2) is 12.7 Å². The standard InChI is InChI=1S/C11H18O3/c1-5-10(3,4)11(8-14-11)7-9(12)13-6-2/h5H,1,6-8H2,2-4H3. The van der Waals surface area contributed by atoms with E-state index in [0.717, 1.165) is 0 Å². The summed E-state index contributed by atoms with van der Waals surface area (Å²) in [5.74, 6) is -0.195. The Morgan fingerprint density at radius 3 is 2.64 bits per heavy atom. The molecule has 0 spiro atoms. The molecule has 1 aliphatic heterocycles. The van der Waals surface area contributed by atoms with E-state index >= 15 is 0 Å². The van der Waals surface area contributed by atoms with Crippen LogP contribution >= 0.6 is 0 Å². The van der Waals surface area contributed by atoms with Crippen LogP contribution in [0.2, 0.25) is 0 Å². The maximum absolute atomic E-state index is 11.3. The van der Waals surface area contributed by atoms with Crippen molar-refractivity contribution in [3.63, 3.8) is 0 Å². The molecule has 0 aromatic rings. The number of hydrogen-bond acceptors (Lipinski definition) is 3. The number of rotatable bonds is 5. The van der Waals surface area contributed by atoms with E-state index in [1.165, 1.54) is 0 Å². The van der Waals surface area contributed by atoms with E-state index in [2.05, 4.69) is 6.58 Å². The second-order valence-electron chi connectivity index (χ2n) is 4.19. The normalized spacial score (nSPS) is 25.6. The molecule has 1 unspecified atom stereocenters. The van der Waals surface area contributed by atoms with Gasteiger partial charge in [0, 0.05) is 5.41 Å². The zero-order valence-electron chi connectivity index (χ0n) is 9.13. The van der Waals surface area contributed by atoms with Crippen LogP contribution in [-0.2, 0) is 14.3 Å². The van der Waals surface area contributed by atoms with Gasteiger partial charge in [-0.25, -0.2) is 0 Å². The van der Waals surface area contributed by atoms with Crippen molar-refractivity contribution in [2.75, 3.05) is 13.2 Å². The number of carbonyl (C=O) groups excluding carboxylic acids is 1. The highest BCUT2D eigenvalue weighted by molar-refractivity contribution is 5.71.